The molecule has 0 saturated carbocycles. The van der Waals surface area contributed by atoms with E-state index in [1.807, 2.05) is 42.5 Å². The smallest absolute Gasteiger partial charge is 0.243 e. The summed E-state index contributed by atoms with van der Waals surface area (Å²) >= 11 is 11.9. The fourth-order valence-corrected chi connectivity index (χ4v) is 3.42. The van der Waals surface area contributed by atoms with Crippen molar-refractivity contribution in [3.63, 3.8) is 0 Å². The number of carbonyl (C=O) groups excluding carboxylic acids is 3. The minimum Gasteiger partial charge on any atom is -0.345 e. The second-order valence-corrected chi connectivity index (χ2v) is 7.84. The maximum atomic E-state index is 12.4. The van der Waals surface area contributed by atoms with Gasteiger partial charge < -0.3 is 16.0 Å². The summed E-state index contributed by atoms with van der Waals surface area (Å²) in [7, 11) is 0. The molecule has 3 aromatic carbocycles. The van der Waals surface area contributed by atoms with Crippen LogP contribution in [0.1, 0.15) is 12.5 Å². The second kappa shape index (κ2) is 10.3. The number of carbonyl (C=O) groups is 3. The number of hydrogen-bond acceptors (Lipinski definition) is 3. The zero-order chi connectivity index (χ0) is 22.4. The van der Waals surface area contributed by atoms with Crippen LogP contribution in [0.4, 0.5) is 5.69 Å². The first-order valence-corrected chi connectivity index (χ1v) is 10.4. The summed E-state index contributed by atoms with van der Waals surface area (Å²) in [5.74, 6) is -1.22. The lowest BCUT2D eigenvalue weighted by Crippen LogP contribution is -2.47. The van der Waals surface area contributed by atoms with Crippen LogP contribution in [-0.2, 0) is 20.8 Å². The van der Waals surface area contributed by atoms with Crippen LogP contribution >= 0.6 is 23.2 Å². The van der Waals surface area contributed by atoms with Crippen molar-refractivity contribution in [3.05, 3.63) is 76.3 Å². The molecule has 0 heterocycles. The van der Waals surface area contributed by atoms with Gasteiger partial charge in [-0.15, -0.1) is 0 Å². The zero-order valence-electron chi connectivity index (χ0n) is 16.7. The van der Waals surface area contributed by atoms with E-state index in [2.05, 4.69) is 16.0 Å². The van der Waals surface area contributed by atoms with E-state index >= 15 is 0 Å². The minimum atomic E-state index is -0.801. The Morgan fingerprint density at radius 1 is 0.935 bits per heavy atom. The lowest BCUT2D eigenvalue weighted by atomic mass is 10.0. The molecule has 31 heavy (non-hydrogen) atoms. The Morgan fingerprint density at radius 3 is 2.48 bits per heavy atom. The maximum absolute atomic E-state index is 12.4. The van der Waals surface area contributed by atoms with Crippen LogP contribution in [0.2, 0.25) is 10.0 Å². The molecule has 0 unspecified atom stereocenters. The molecular formula is C23H21Cl2N3O3. The fraction of sp³-hybridized carbons (Fsp3) is 0.174. The highest BCUT2D eigenvalue weighted by molar-refractivity contribution is 6.35. The molecule has 0 bridgehead atoms. The lowest BCUT2D eigenvalue weighted by Gasteiger charge is -2.15. The van der Waals surface area contributed by atoms with Crippen LogP contribution in [0, 0.1) is 0 Å². The van der Waals surface area contributed by atoms with Gasteiger partial charge in [0.1, 0.15) is 6.04 Å². The van der Waals surface area contributed by atoms with Crippen LogP contribution < -0.4 is 16.0 Å². The van der Waals surface area contributed by atoms with Gasteiger partial charge in [0.25, 0.3) is 0 Å². The van der Waals surface area contributed by atoms with Crippen molar-refractivity contribution >= 4 is 57.4 Å². The summed E-state index contributed by atoms with van der Waals surface area (Å²) in [6, 6.07) is 17.4. The third-order valence-corrected chi connectivity index (χ3v) is 5.19. The third-order valence-electron chi connectivity index (χ3n) is 4.63. The molecule has 0 spiro atoms. The predicted octanol–water partition coefficient (Wildman–Crippen LogP) is 3.95. The van der Waals surface area contributed by atoms with Gasteiger partial charge in [0, 0.05) is 5.02 Å². The molecule has 160 valence electrons. The first-order chi connectivity index (χ1) is 14.8. The Morgan fingerprint density at radius 2 is 1.68 bits per heavy atom. The van der Waals surface area contributed by atoms with Crippen molar-refractivity contribution in [2.75, 3.05) is 11.9 Å². The average molecular weight is 458 g/mol. The summed E-state index contributed by atoms with van der Waals surface area (Å²) < 4.78 is 0. The first kappa shape index (κ1) is 22.6. The van der Waals surface area contributed by atoms with E-state index in [1.165, 1.54) is 6.07 Å². The Bertz CT molecular complexity index is 1130. The second-order valence-electron chi connectivity index (χ2n) is 6.99. The van der Waals surface area contributed by atoms with Crippen LogP contribution in [0.15, 0.2) is 60.7 Å². The van der Waals surface area contributed by atoms with Gasteiger partial charge in [-0.3, -0.25) is 14.4 Å². The lowest BCUT2D eigenvalue weighted by molar-refractivity contribution is -0.129. The van der Waals surface area contributed by atoms with Crippen LogP contribution in [-0.4, -0.2) is 30.3 Å². The zero-order valence-corrected chi connectivity index (χ0v) is 18.3. The first-order valence-electron chi connectivity index (χ1n) is 9.62. The Kier molecular flexibility index (Phi) is 7.50. The van der Waals surface area contributed by atoms with E-state index in [0.717, 1.165) is 16.3 Å². The number of nitrogens with one attached hydrogen (secondary N) is 3. The molecule has 0 aliphatic heterocycles. The van der Waals surface area contributed by atoms with E-state index in [0.29, 0.717) is 15.7 Å². The highest BCUT2D eigenvalue weighted by atomic mass is 35.5. The number of hydrogen-bond donors (Lipinski definition) is 3. The van der Waals surface area contributed by atoms with Gasteiger partial charge in [-0.1, -0.05) is 65.7 Å². The largest absolute Gasteiger partial charge is 0.345 e. The minimum absolute atomic E-state index is 0.146. The average Bonchev–Trinajstić information content (AvgIpc) is 2.74. The normalized spacial score (nSPS) is 11.6. The summed E-state index contributed by atoms with van der Waals surface area (Å²) in [6.07, 6.45) is 0.146. The van der Waals surface area contributed by atoms with Crippen molar-refractivity contribution in [2.24, 2.45) is 0 Å². The van der Waals surface area contributed by atoms with Crippen molar-refractivity contribution in [3.8, 4) is 0 Å². The van der Waals surface area contributed by atoms with Crippen LogP contribution in [0.5, 0.6) is 0 Å². The van der Waals surface area contributed by atoms with Gasteiger partial charge >= 0.3 is 0 Å². The molecule has 0 aliphatic rings. The van der Waals surface area contributed by atoms with Crippen molar-refractivity contribution in [1.29, 1.82) is 0 Å². The Hall–Kier alpha value is -3.09. The van der Waals surface area contributed by atoms with Gasteiger partial charge in [0.15, 0.2) is 0 Å². The van der Waals surface area contributed by atoms with Crippen LogP contribution in [0.3, 0.4) is 0 Å². The molecule has 1 atom stereocenters. The Labute approximate surface area is 189 Å². The monoisotopic (exact) mass is 457 g/mol. The quantitative estimate of drug-likeness (QED) is 0.501. The molecule has 0 saturated heterocycles. The number of benzene rings is 3. The van der Waals surface area contributed by atoms with E-state index in [4.69, 9.17) is 23.2 Å². The summed E-state index contributed by atoms with van der Waals surface area (Å²) in [6.45, 7) is 1.29. The number of halogens is 2. The van der Waals surface area contributed by atoms with E-state index in [1.54, 1.807) is 19.1 Å². The molecule has 3 amide bonds. The van der Waals surface area contributed by atoms with E-state index < -0.39 is 17.9 Å². The molecule has 3 N–H and O–H groups in total. The molecule has 6 nitrogen and oxygen atoms in total. The number of rotatable bonds is 7. The number of anilines is 1. The summed E-state index contributed by atoms with van der Waals surface area (Å²) in [5.41, 5.74) is 1.23. The van der Waals surface area contributed by atoms with Gasteiger partial charge in [0.05, 0.1) is 23.7 Å². The Balaban J connectivity index is 1.50. The number of fused-ring (bicyclic) bond motifs is 1. The summed E-state index contributed by atoms with van der Waals surface area (Å²) in [5, 5.41) is 10.5. The summed E-state index contributed by atoms with van der Waals surface area (Å²) in [4.78, 5) is 36.8. The van der Waals surface area contributed by atoms with Crippen LogP contribution in [0.25, 0.3) is 10.8 Å². The highest BCUT2D eigenvalue weighted by Gasteiger charge is 2.17. The van der Waals surface area contributed by atoms with Crippen molar-refractivity contribution in [1.82, 2.24) is 10.6 Å². The molecule has 3 rings (SSSR count). The molecule has 0 fully saturated rings. The molecular weight excluding hydrogens is 437 g/mol. The van der Waals surface area contributed by atoms with E-state index in [-0.39, 0.29) is 18.9 Å². The maximum Gasteiger partial charge on any atom is 0.243 e. The standard InChI is InChI=1S/C23H21Cl2N3O3/c1-14(23(31)26-13-22(30)28-20-12-17(24)9-10-19(20)25)27-21(29)11-16-7-4-6-15-5-2-3-8-18(15)16/h2-10,12,14H,11,13H2,1H3,(H,26,31)(H,27,29)(H,28,30)/t14-/m0/s1. The van der Waals surface area contributed by atoms with Crippen molar-refractivity contribution in [2.45, 2.75) is 19.4 Å². The SMILES string of the molecule is C[C@H](NC(=O)Cc1cccc2ccccc12)C(=O)NCC(=O)Nc1cc(Cl)ccc1Cl. The van der Waals surface area contributed by atoms with E-state index in [9.17, 15) is 14.4 Å². The molecule has 8 heteroatoms. The topological polar surface area (TPSA) is 87.3 Å². The molecule has 0 aromatic heterocycles. The fourth-order valence-electron chi connectivity index (χ4n) is 3.09. The van der Waals surface area contributed by atoms with Gasteiger partial charge in [0.2, 0.25) is 17.7 Å². The number of amides is 3. The third kappa shape index (κ3) is 6.20. The highest BCUT2D eigenvalue weighted by Crippen LogP contribution is 2.25. The van der Waals surface area contributed by atoms with Gasteiger partial charge in [-0.2, -0.15) is 0 Å². The van der Waals surface area contributed by atoms with Gasteiger partial charge in [-0.05, 0) is 41.5 Å². The predicted molar refractivity (Wildman–Crippen MR) is 123 cm³/mol. The van der Waals surface area contributed by atoms with Gasteiger partial charge in [-0.25, -0.2) is 0 Å². The molecule has 3 aromatic rings. The molecule has 0 radical (unpaired) electrons. The van der Waals surface area contributed by atoms with Crippen molar-refractivity contribution < 1.29 is 14.4 Å². The molecule has 0 aliphatic carbocycles.